The van der Waals surface area contributed by atoms with Crippen LogP contribution in [-0.4, -0.2) is 9.79 Å². The SMILES string of the molecule is OPO.P. The van der Waals surface area contributed by atoms with Crippen LogP contribution >= 0.6 is 18.9 Å². The van der Waals surface area contributed by atoms with E-state index in [1.54, 1.807) is 0 Å². The number of hydrogen-bond donors (Lipinski definition) is 2. The zero-order valence-electron chi connectivity index (χ0n) is 2.10. The molecule has 0 heterocycles. The topological polar surface area (TPSA) is 40.5 Å². The summed E-state index contributed by atoms with van der Waals surface area (Å²) in [6.07, 6.45) is 0. The van der Waals surface area contributed by atoms with Crippen molar-refractivity contribution in [2.24, 2.45) is 0 Å². The van der Waals surface area contributed by atoms with E-state index in [9.17, 15) is 0 Å². The molecular weight excluding hydrogens is 93.9 g/mol. The second-order valence-electron chi connectivity index (χ2n) is 0.100. The molecule has 4 heavy (non-hydrogen) atoms. The van der Waals surface area contributed by atoms with Gasteiger partial charge >= 0.3 is 0 Å². The van der Waals surface area contributed by atoms with Gasteiger partial charge in [-0.3, -0.25) is 0 Å². The predicted molar refractivity (Wildman–Crippen MR) is 23.9 cm³/mol. The van der Waals surface area contributed by atoms with Crippen molar-refractivity contribution in [2.75, 3.05) is 0 Å². The van der Waals surface area contributed by atoms with E-state index >= 15 is 0 Å². The van der Waals surface area contributed by atoms with Crippen LogP contribution in [0.4, 0.5) is 0 Å². The second kappa shape index (κ2) is 9.22. The van der Waals surface area contributed by atoms with E-state index in [4.69, 9.17) is 9.79 Å². The van der Waals surface area contributed by atoms with E-state index in [0.717, 1.165) is 0 Å². The van der Waals surface area contributed by atoms with E-state index in [2.05, 4.69) is 0 Å². The molecule has 0 bridgehead atoms. The minimum Gasteiger partial charge on any atom is -0.352 e. The first-order chi connectivity index (χ1) is 1.41. The third-order valence-corrected chi connectivity index (χ3v) is 0. The molecule has 0 amide bonds. The lowest BCUT2D eigenvalue weighted by molar-refractivity contribution is 0.513. The summed E-state index contributed by atoms with van der Waals surface area (Å²) in [4.78, 5) is 14.3. The van der Waals surface area contributed by atoms with Crippen molar-refractivity contribution in [1.82, 2.24) is 0 Å². The molecule has 0 radical (unpaired) electrons. The van der Waals surface area contributed by atoms with Gasteiger partial charge in [-0.15, -0.1) is 0 Å². The molecule has 2 N–H and O–H groups in total. The highest BCUT2D eigenvalue weighted by Crippen LogP contribution is 1.81. The van der Waals surface area contributed by atoms with Crippen LogP contribution in [0.15, 0.2) is 0 Å². The predicted octanol–water partition coefficient (Wildman–Crippen LogP) is -0.462. The Morgan fingerprint density at radius 1 is 1.25 bits per heavy atom. The van der Waals surface area contributed by atoms with Crippen LogP contribution in [0.2, 0.25) is 0 Å². The fourth-order valence-corrected chi connectivity index (χ4v) is 0. The van der Waals surface area contributed by atoms with Crippen LogP contribution in [0.1, 0.15) is 0 Å². The Hall–Kier alpha value is 0.780. The average molecular weight is 100.0 g/mol. The van der Waals surface area contributed by atoms with Crippen LogP contribution in [0.3, 0.4) is 0 Å². The van der Waals surface area contributed by atoms with Gasteiger partial charge in [0.05, 0.1) is 0 Å². The molecule has 0 aliphatic rings. The summed E-state index contributed by atoms with van der Waals surface area (Å²) in [5.74, 6) is 0. The molecular formula is H6O2P2. The summed E-state index contributed by atoms with van der Waals surface area (Å²) in [5, 5.41) is 0. The Bertz CT molecular complexity index is 4.00. The monoisotopic (exact) mass is 100.0 g/mol. The molecule has 0 spiro atoms. The Morgan fingerprint density at radius 3 is 1.25 bits per heavy atom. The molecule has 0 aromatic carbocycles. The summed E-state index contributed by atoms with van der Waals surface area (Å²) in [6, 6.07) is 0. The van der Waals surface area contributed by atoms with Crippen molar-refractivity contribution in [3.8, 4) is 0 Å². The first-order valence-corrected chi connectivity index (χ1v) is 1.34. The highest BCUT2D eigenvalue weighted by atomic mass is 31.1. The van der Waals surface area contributed by atoms with Crippen LogP contribution in [0.5, 0.6) is 0 Å². The fourth-order valence-electron chi connectivity index (χ4n) is 0. The quantitative estimate of drug-likeness (QED) is 0.404. The Morgan fingerprint density at radius 2 is 1.25 bits per heavy atom. The molecule has 0 aromatic rings. The zero-order chi connectivity index (χ0) is 2.71. The normalized spacial score (nSPS) is 4.50. The molecule has 0 aromatic heterocycles. The maximum absolute atomic E-state index is 7.15. The lowest BCUT2D eigenvalue weighted by Gasteiger charge is -1.54. The molecule has 0 rings (SSSR count). The molecule has 0 fully saturated rings. The van der Waals surface area contributed by atoms with E-state index < -0.39 is 9.03 Å². The molecule has 0 saturated carbocycles. The average Bonchev–Trinajstić information content (AvgIpc) is 0.918. The van der Waals surface area contributed by atoms with Crippen LogP contribution in [-0.2, 0) is 0 Å². The molecule has 2 nitrogen and oxygen atoms in total. The lowest BCUT2D eigenvalue weighted by atomic mass is 15.9. The molecule has 0 aliphatic carbocycles. The van der Waals surface area contributed by atoms with Gasteiger partial charge < -0.3 is 9.79 Å². The van der Waals surface area contributed by atoms with Gasteiger partial charge in [-0.1, -0.05) is 0 Å². The highest BCUT2D eigenvalue weighted by molar-refractivity contribution is 7.23. The fraction of sp³-hybridized carbons (Fsp3) is 0. The smallest absolute Gasteiger partial charge is 0.149 e. The third kappa shape index (κ3) is 14.5. The first-order valence-electron chi connectivity index (χ1n) is 0.447. The van der Waals surface area contributed by atoms with Gasteiger partial charge in [0, 0.05) is 0 Å². The summed E-state index contributed by atoms with van der Waals surface area (Å²) in [6.45, 7) is 0. The number of rotatable bonds is 0. The maximum atomic E-state index is 7.15. The van der Waals surface area contributed by atoms with Crippen molar-refractivity contribution in [2.45, 2.75) is 0 Å². The van der Waals surface area contributed by atoms with E-state index in [1.165, 1.54) is 0 Å². The summed E-state index contributed by atoms with van der Waals surface area (Å²) >= 11 is 0. The van der Waals surface area contributed by atoms with Crippen LogP contribution in [0.25, 0.3) is 0 Å². The van der Waals surface area contributed by atoms with E-state index in [0.29, 0.717) is 0 Å². The summed E-state index contributed by atoms with van der Waals surface area (Å²) in [7, 11) is -0.917. The summed E-state index contributed by atoms with van der Waals surface area (Å²) < 4.78 is 0. The first kappa shape index (κ1) is 8.84. The zero-order valence-corrected chi connectivity index (χ0v) is 4.52. The van der Waals surface area contributed by atoms with Gasteiger partial charge in [-0.05, 0) is 0 Å². The maximum Gasteiger partial charge on any atom is 0.149 e. The molecule has 4 heteroatoms. The van der Waals surface area contributed by atoms with E-state index in [-0.39, 0.29) is 9.90 Å². The molecule has 0 saturated heterocycles. The Balaban J connectivity index is 0. The van der Waals surface area contributed by atoms with Gasteiger partial charge in [-0.2, -0.15) is 9.90 Å². The molecule has 0 aliphatic heterocycles. The highest BCUT2D eigenvalue weighted by Gasteiger charge is 1.34. The largest absolute Gasteiger partial charge is 0.352 e. The lowest BCUT2D eigenvalue weighted by Crippen LogP contribution is -1.24. The number of hydrogen-bond acceptors (Lipinski definition) is 2. The van der Waals surface area contributed by atoms with Gasteiger partial charge in [0.2, 0.25) is 0 Å². The van der Waals surface area contributed by atoms with Crippen molar-refractivity contribution in [3.63, 3.8) is 0 Å². The van der Waals surface area contributed by atoms with Crippen molar-refractivity contribution in [3.05, 3.63) is 0 Å². The molecule has 1 atom stereocenters. The molecule has 1 unspecified atom stereocenters. The minimum atomic E-state index is -0.917. The Labute approximate surface area is 29.8 Å². The third-order valence-electron chi connectivity index (χ3n) is 0. The van der Waals surface area contributed by atoms with Crippen LogP contribution < -0.4 is 0 Å². The standard InChI is InChI=1S/H3O2P.H3P/c1-3-2;/h1-3H;1H3. The second-order valence-corrected chi connectivity index (χ2v) is 0.300. The minimum absolute atomic E-state index is 0. The van der Waals surface area contributed by atoms with Crippen molar-refractivity contribution < 1.29 is 9.79 Å². The van der Waals surface area contributed by atoms with Gasteiger partial charge in [-0.25, -0.2) is 0 Å². The van der Waals surface area contributed by atoms with Gasteiger partial charge in [0.25, 0.3) is 0 Å². The van der Waals surface area contributed by atoms with Gasteiger partial charge in [0.15, 0.2) is 0 Å². The van der Waals surface area contributed by atoms with Crippen LogP contribution in [0, 0.1) is 0 Å². The van der Waals surface area contributed by atoms with Crippen molar-refractivity contribution in [1.29, 1.82) is 0 Å². The molecule has 28 valence electrons. The van der Waals surface area contributed by atoms with Crippen molar-refractivity contribution >= 4 is 18.9 Å². The Kier molecular flexibility index (Phi) is 20.4. The summed E-state index contributed by atoms with van der Waals surface area (Å²) in [5.41, 5.74) is 0. The van der Waals surface area contributed by atoms with E-state index in [1.807, 2.05) is 0 Å². The van der Waals surface area contributed by atoms with Gasteiger partial charge in [0.1, 0.15) is 9.03 Å².